The fraction of sp³-hybridized carbons (Fsp3) is 0.200. The number of carbonyl (C=O) groups is 1. The third-order valence-electron chi connectivity index (χ3n) is 1.86. The first-order valence-corrected chi connectivity index (χ1v) is 5.13. The fourth-order valence-corrected chi connectivity index (χ4v) is 1.47. The van der Waals surface area contributed by atoms with Gasteiger partial charge in [-0.15, -0.1) is 0 Å². The van der Waals surface area contributed by atoms with Crippen molar-refractivity contribution in [1.82, 2.24) is 5.32 Å². The smallest absolute Gasteiger partial charge is 0.548 e. The molecular formula is C10H9NNa2O2S2. The van der Waals surface area contributed by atoms with Crippen molar-refractivity contribution in [2.75, 3.05) is 0 Å². The van der Waals surface area contributed by atoms with Gasteiger partial charge in [0.1, 0.15) is 0 Å². The van der Waals surface area contributed by atoms with E-state index in [0.717, 1.165) is 5.56 Å². The first kappa shape index (κ1) is 20.1. The predicted octanol–water partition coefficient (Wildman–Crippen LogP) is -6.22. The Balaban J connectivity index is 0. The first-order valence-electron chi connectivity index (χ1n) is 4.32. The minimum atomic E-state index is -1.20. The van der Waals surface area contributed by atoms with Crippen LogP contribution < -0.4 is 69.5 Å². The average molecular weight is 285 g/mol. The Morgan fingerprint density at radius 1 is 1.35 bits per heavy atom. The molecule has 1 aromatic rings. The van der Waals surface area contributed by atoms with Crippen LogP contribution in [0.25, 0.3) is 0 Å². The molecule has 0 aliphatic rings. The van der Waals surface area contributed by atoms with E-state index in [1.165, 1.54) is 0 Å². The molecular weight excluding hydrogens is 276 g/mol. The molecule has 7 heteroatoms. The maximum absolute atomic E-state index is 10.8. The Kier molecular flexibility index (Phi) is 12.7. The number of nitrogens with one attached hydrogen (secondary N) is 1. The monoisotopic (exact) mass is 285 g/mol. The van der Waals surface area contributed by atoms with E-state index in [1.54, 1.807) is 0 Å². The summed E-state index contributed by atoms with van der Waals surface area (Å²) < 4.78 is 0.0418. The average Bonchev–Trinajstić information content (AvgIpc) is 2.17. The number of hydrogen-bond donors (Lipinski definition) is 1. The summed E-state index contributed by atoms with van der Waals surface area (Å²) in [6.45, 7) is 0. The molecule has 1 atom stereocenters. The molecule has 0 fully saturated rings. The zero-order chi connectivity index (χ0) is 11.3. The number of carbonyl (C=O) groups excluding carboxylic acids is 1. The topological polar surface area (TPSA) is 52.2 Å². The van der Waals surface area contributed by atoms with E-state index in [2.05, 4.69) is 30.2 Å². The normalized spacial score (nSPS) is 10.4. The van der Waals surface area contributed by atoms with Crippen molar-refractivity contribution in [3.05, 3.63) is 35.9 Å². The second kappa shape index (κ2) is 10.7. The predicted molar refractivity (Wildman–Crippen MR) is 62.0 cm³/mol. The third kappa shape index (κ3) is 8.51. The van der Waals surface area contributed by atoms with Gasteiger partial charge in [-0.25, -0.2) is 0 Å². The molecule has 0 unspecified atom stereocenters. The fourth-order valence-electron chi connectivity index (χ4n) is 1.19. The zero-order valence-electron chi connectivity index (χ0n) is 9.80. The maximum atomic E-state index is 10.8. The zero-order valence-corrected chi connectivity index (χ0v) is 15.4. The van der Waals surface area contributed by atoms with Crippen molar-refractivity contribution < 1.29 is 69.0 Å². The van der Waals surface area contributed by atoms with Gasteiger partial charge in [0.25, 0.3) is 0 Å². The van der Waals surface area contributed by atoms with Crippen molar-refractivity contribution >= 4 is 35.1 Å². The molecule has 1 N–H and O–H groups in total. The molecule has 0 amide bonds. The van der Waals surface area contributed by atoms with Crippen LogP contribution in [-0.4, -0.2) is 16.3 Å². The van der Waals surface area contributed by atoms with Gasteiger partial charge in [-0.05, 0) is 12.0 Å². The number of rotatable bonds is 4. The van der Waals surface area contributed by atoms with Crippen LogP contribution in [0.5, 0.6) is 0 Å². The molecule has 0 aliphatic heterocycles. The van der Waals surface area contributed by atoms with Gasteiger partial charge in [-0.2, -0.15) is 0 Å². The van der Waals surface area contributed by atoms with Crippen molar-refractivity contribution in [2.24, 2.45) is 0 Å². The standard InChI is InChI=1S/C10H11NO2S2.2Na/c12-9(13)8(11-10(14)15)6-7-4-2-1-3-5-7;;/h1-5,8H,6H2,(H,12,13)(H2,11,14,15);;/q;2*+1/p-2/t8-;;/m0../s1. The van der Waals surface area contributed by atoms with Crippen LogP contribution in [-0.2, 0) is 23.8 Å². The van der Waals surface area contributed by atoms with Crippen molar-refractivity contribution in [3.63, 3.8) is 0 Å². The van der Waals surface area contributed by atoms with E-state index in [-0.39, 0.29) is 63.4 Å². The van der Waals surface area contributed by atoms with E-state index in [4.69, 9.17) is 0 Å². The van der Waals surface area contributed by atoms with Gasteiger partial charge in [0.15, 0.2) is 0 Å². The Labute approximate surface area is 156 Å². The van der Waals surface area contributed by atoms with Crippen molar-refractivity contribution in [2.45, 2.75) is 12.5 Å². The summed E-state index contributed by atoms with van der Waals surface area (Å²) in [4.78, 5) is 10.8. The van der Waals surface area contributed by atoms with Gasteiger partial charge in [-0.3, -0.25) is 0 Å². The Bertz CT molecular complexity index is 363. The molecule has 0 saturated heterocycles. The van der Waals surface area contributed by atoms with Crippen molar-refractivity contribution in [3.8, 4) is 0 Å². The largest absolute Gasteiger partial charge is 1.00 e. The van der Waals surface area contributed by atoms with Crippen LogP contribution in [0.15, 0.2) is 30.3 Å². The number of carboxylic acids is 1. The number of carboxylic acid groups (broad SMARTS) is 1. The Hall–Kier alpha value is 0.800. The molecule has 1 rings (SSSR count). The third-order valence-corrected chi connectivity index (χ3v) is 2.09. The Morgan fingerprint density at radius 3 is 2.29 bits per heavy atom. The van der Waals surface area contributed by atoms with Crippen LogP contribution in [0.3, 0.4) is 0 Å². The van der Waals surface area contributed by atoms with E-state index >= 15 is 0 Å². The molecule has 0 radical (unpaired) electrons. The van der Waals surface area contributed by atoms with Crippen LogP contribution in [0.2, 0.25) is 0 Å². The molecule has 0 spiro atoms. The van der Waals surface area contributed by atoms with Crippen molar-refractivity contribution in [1.29, 1.82) is 0 Å². The minimum Gasteiger partial charge on any atom is -0.548 e. The molecule has 0 bridgehead atoms. The summed E-state index contributed by atoms with van der Waals surface area (Å²) >= 11 is 9.24. The summed E-state index contributed by atoms with van der Waals surface area (Å²) in [6, 6.07) is 8.36. The van der Waals surface area contributed by atoms with E-state index in [9.17, 15) is 9.90 Å². The van der Waals surface area contributed by atoms with Crippen LogP contribution in [0.1, 0.15) is 5.56 Å². The summed E-state index contributed by atoms with van der Waals surface area (Å²) in [6.07, 6.45) is 0.306. The molecule has 1 aromatic carbocycles. The molecule has 3 nitrogen and oxygen atoms in total. The number of aliphatic carboxylic acids is 1. The van der Waals surface area contributed by atoms with E-state index in [0.29, 0.717) is 6.42 Å². The molecule has 17 heavy (non-hydrogen) atoms. The SMILES string of the molecule is O=C([O-])[C@H](Cc1ccccc1)NC(=S)[S-].[Na+].[Na+]. The van der Waals surface area contributed by atoms with E-state index in [1.807, 2.05) is 30.3 Å². The summed E-state index contributed by atoms with van der Waals surface area (Å²) in [5.41, 5.74) is 0.894. The molecule has 0 aliphatic carbocycles. The van der Waals surface area contributed by atoms with Crippen LogP contribution >= 0.6 is 12.2 Å². The maximum Gasteiger partial charge on any atom is 1.00 e. The van der Waals surface area contributed by atoms with Gasteiger partial charge < -0.3 is 40.1 Å². The molecule has 0 saturated carbocycles. The second-order valence-corrected chi connectivity index (χ2v) is 4.07. The quantitative estimate of drug-likeness (QED) is 0.339. The number of hydrogen-bond acceptors (Lipinski definition) is 4. The second-order valence-electron chi connectivity index (χ2n) is 2.99. The first-order chi connectivity index (χ1) is 7.09. The van der Waals surface area contributed by atoms with Gasteiger partial charge in [0.2, 0.25) is 0 Å². The molecule has 0 aromatic heterocycles. The summed E-state index contributed by atoms with van der Waals surface area (Å²) in [7, 11) is 0. The molecule has 0 heterocycles. The van der Waals surface area contributed by atoms with Gasteiger partial charge in [-0.1, -0.05) is 34.7 Å². The number of thiocarbonyl (C=S) groups is 1. The summed E-state index contributed by atoms with van der Waals surface area (Å²) in [5, 5.41) is 13.3. The number of benzene rings is 1. The van der Waals surface area contributed by atoms with Gasteiger partial charge in [0.05, 0.1) is 12.0 Å². The van der Waals surface area contributed by atoms with Gasteiger partial charge in [0, 0.05) is 0 Å². The summed E-state index contributed by atoms with van der Waals surface area (Å²) in [5.74, 6) is -1.20. The molecule has 80 valence electrons. The van der Waals surface area contributed by atoms with Crippen LogP contribution in [0.4, 0.5) is 0 Å². The Morgan fingerprint density at radius 2 is 1.88 bits per heavy atom. The van der Waals surface area contributed by atoms with Crippen LogP contribution in [0, 0.1) is 0 Å². The van der Waals surface area contributed by atoms with Gasteiger partial charge >= 0.3 is 59.1 Å². The van der Waals surface area contributed by atoms with E-state index < -0.39 is 12.0 Å². The minimum absolute atomic E-state index is 0.